The van der Waals surface area contributed by atoms with Crippen LogP contribution in [0, 0.1) is 23.7 Å². The molecule has 0 heterocycles. The largest absolute Gasteiger partial charge is 0.325 e. The quantitative estimate of drug-likeness (QED) is 0.717. The summed E-state index contributed by atoms with van der Waals surface area (Å²) >= 11 is 0. The van der Waals surface area contributed by atoms with Crippen molar-refractivity contribution in [3.8, 4) is 0 Å². The lowest BCUT2D eigenvalue weighted by molar-refractivity contribution is -0.0589. The van der Waals surface area contributed by atoms with E-state index in [1.54, 1.807) is 0 Å². The number of nitrogens with two attached hydrogens (primary N) is 1. The molecule has 4 rings (SSSR count). The van der Waals surface area contributed by atoms with Crippen LogP contribution in [0.4, 0.5) is 0 Å². The maximum Gasteiger partial charge on any atom is 0.0211 e. The highest BCUT2D eigenvalue weighted by Gasteiger charge is 2.54. The molecule has 0 radical (unpaired) electrons. The predicted octanol–water partition coefficient (Wildman–Crippen LogP) is 2.94. The van der Waals surface area contributed by atoms with Crippen molar-refractivity contribution in [1.29, 1.82) is 0 Å². The van der Waals surface area contributed by atoms with Gasteiger partial charge in [0.1, 0.15) is 0 Å². The van der Waals surface area contributed by atoms with E-state index in [1.165, 1.54) is 44.9 Å². The van der Waals surface area contributed by atoms with E-state index in [1.807, 2.05) is 0 Å². The van der Waals surface area contributed by atoms with Crippen molar-refractivity contribution in [2.75, 3.05) is 0 Å². The first-order chi connectivity index (χ1) is 6.72. The zero-order valence-corrected chi connectivity index (χ0v) is 9.34. The minimum absolute atomic E-state index is 0.252. The van der Waals surface area contributed by atoms with E-state index in [2.05, 4.69) is 6.92 Å². The monoisotopic (exact) mass is 193 g/mol. The van der Waals surface area contributed by atoms with Crippen molar-refractivity contribution in [1.82, 2.24) is 0 Å². The molecule has 0 aromatic heterocycles. The highest BCUT2D eigenvalue weighted by atomic mass is 14.8. The molecule has 1 heteroatoms. The van der Waals surface area contributed by atoms with E-state index >= 15 is 0 Å². The highest BCUT2D eigenvalue weighted by Crippen LogP contribution is 2.58. The van der Waals surface area contributed by atoms with Crippen LogP contribution in [0.3, 0.4) is 0 Å². The summed E-state index contributed by atoms with van der Waals surface area (Å²) in [6, 6.07) is 0. The molecule has 80 valence electrons. The summed E-state index contributed by atoms with van der Waals surface area (Å²) in [5, 5.41) is 0. The van der Waals surface area contributed by atoms with Gasteiger partial charge in [0.25, 0.3) is 0 Å². The molecule has 4 bridgehead atoms. The molecule has 4 aliphatic carbocycles. The van der Waals surface area contributed by atoms with Gasteiger partial charge < -0.3 is 5.73 Å². The van der Waals surface area contributed by atoms with Crippen molar-refractivity contribution in [3.63, 3.8) is 0 Å². The Morgan fingerprint density at radius 2 is 1.50 bits per heavy atom. The van der Waals surface area contributed by atoms with Crippen molar-refractivity contribution < 1.29 is 0 Å². The molecule has 2 N–H and O–H groups in total. The second kappa shape index (κ2) is 2.98. The Bertz CT molecular complexity index is 205. The van der Waals surface area contributed by atoms with Gasteiger partial charge in [0.2, 0.25) is 0 Å². The molecule has 0 aliphatic heterocycles. The standard InChI is InChI=1S/C13H23N/c1-2-3-13(14)11-5-9-4-10(7-11)8-12(13)6-9/h9-12H,2-8,14H2,1H3. The number of hydrogen-bond acceptors (Lipinski definition) is 1. The fraction of sp³-hybridized carbons (Fsp3) is 1.00. The fourth-order valence-corrected chi connectivity index (χ4v) is 4.90. The van der Waals surface area contributed by atoms with Gasteiger partial charge in [0.05, 0.1) is 0 Å². The molecular formula is C13H23N. The summed E-state index contributed by atoms with van der Waals surface area (Å²) < 4.78 is 0. The Morgan fingerprint density at radius 1 is 1.00 bits per heavy atom. The van der Waals surface area contributed by atoms with Gasteiger partial charge in [-0.05, 0) is 62.2 Å². The molecule has 0 unspecified atom stereocenters. The molecule has 14 heavy (non-hydrogen) atoms. The summed E-state index contributed by atoms with van der Waals surface area (Å²) in [6.45, 7) is 2.29. The van der Waals surface area contributed by atoms with E-state index in [0.29, 0.717) is 0 Å². The van der Waals surface area contributed by atoms with E-state index in [9.17, 15) is 0 Å². The van der Waals surface area contributed by atoms with Crippen LogP contribution < -0.4 is 5.73 Å². The first-order valence-electron chi connectivity index (χ1n) is 6.51. The Morgan fingerprint density at radius 3 is 1.93 bits per heavy atom. The normalized spacial score (nSPS) is 55.3. The predicted molar refractivity (Wildman–Crippen MR) is 58.9 cm³/mol. The first-order valence-corrected chi connectivity index (χ1v) is 6.51. The lowest BCUT2D eigenvalue weighted by atomic mass is 9.48. The molecule has 0 atom stereocenters. The maximum atomic E-state index is 6.70. The molecule has 0 spiro atoms. The van der Waals surface area contributed by atoms with Crippen LogP contribution in [0.1, 0.15) is 51.9 Å². The van der Waals surface area contributed by atoms with Crippen LogP contribution in [0.2, 0.25) is 0 Å². The van der Waals surface area contributed by atoms with Crippen molar-refractivity contribution in [2.45, 2.75) is 57.4 Å². The van der Waals surface area contributed by atoms with Gasteiger partial charge in [-0.2, -0.15) is 0 Å². The minimum atomic E-state index is 0.252. The minimum Gasteiger partial charge on any atom is -0.325 e. The smallest absolute Gasteiger partial charge is 0.0211 e. The van der Waals surface area contributed by atoms with Crippen LogP contribution in [-0.2, 0) is 0 Å². The molecule has 4 saturated carbocycles. The maximum absolute atomic E-state index is 6.70. The summed E-state index contributed by atoms with van der Waals surface area (Å²) in [4.78, 5) is 0. The van der Waals surface area contributed by atoms with Gasteiger partial charge in [-0.1, -0.05) is 13.3 Å². The molecule has 0 amide bonds. The third-order valence-electron chi connectivity index (χ3n) is 5.34. The Hall–Kier alpha value is -0.0400. The Kier molecular flexibility index (Phi) is 1.96. The van der Waals surface area contributed by atoms with E-state index in [-0.39, 0.29) is 5.54 Å². The molecule has 0 aromatic rings. The second-order valence-corrected chi connectivity index (χ2v) is 6.17. The van der Waals surface area contributed by atoms with Crippen LogP contribution >= 0.6 is 0 Å². The van der Waals surface area contributed by atoms with Gasteiger partial charge in [0.15, 0.2) is 0 Å². The molecular weight excluding hydrogens is 170 g/mol. The second-order valence-electron chi connectivity index (χ2n) is 6.17. The van der Waals surface area contributed by atoms with Gasteiger partial charge in [0, 0.05) is 5.54 Å². The summed E-state index contributed by atoms with van der Waals surface area (Å²) in [6.07, 6.45) is 9.94. The number of hydrogen-bond donors (Lipinski definition) is 1. The third-order valence-corrected chi connectivity index (χ3v) is 5.34. The zero-order valence-electron chi connectivity index (χ0n) is 9.34. The third kappa shape index (κ3) is 1.11. The summed E-state index contributed by atoms with van der Waals surface area (Å²) in [7, 11) is 0. The SMILES string of the molecule is CCCC1(N)C2CC3CC(C2)CC1C3. The fourth-order valence-electron chi connectivity index (χ4n) is 4.90. The van der Waals surface area contributed by atoms with Crippen molar-refractivity contribution >= 4 is 0 Å². The van der Waals surface area contributed by atoms with Crippen LogP contribution in [0.5, 0.6) is 0 Å². The highest BCUT2D eigenvalue weighted by molar-refractivity contribution is 5.09. The lowest BCUT2D eigenvalue weighted by Gasteiger charge is -2.60. The summed E-state index contributed by atoms with van der Waals surface area (Å²) in [5.74, 6) is 3.90. The topological polar surface area (TPSA) is 26.0 Å². The van der Waals surface area contributed by atoms with Gasteiger partial charge in [-0.3, -0.25) is 0 Å². The van der Waals surface area contributed by atoms with E-state index in [0.717, 1.165) is 23.7 Å². The molecule has 0 aromatic carbocycles. The number of rotatable bonds is 2. The summed E-state index contributed by atoms with van der Waals surface area (Å²) in [5.41, 5.74) is 6.95. The lowest BCUT2D eigenvalue weighted by Crippen LogP contribution is -2.62. The first kappa shape index (κ1) is 9.21. The van der Waals surface area contributed by atoms with Crippen molar-refractivity contribution in [2.24, 2.45) is 29.4 Å². The van der Waals surface area contributed by atoms with Gasteiger partial charge >= 0.3 is 0 Å². The van der Waals surface area contributed by atoms with Crippen molar-refractivity contribution in [3.05, 3.63) is 0 Å². The van der Waals surface area contributed by atoms with Crippen LogP contribution in [-0.4, -0.2) is 5.54 Å². The average molecular weight is 193 g/mol. The van der Waals surface area contributed by atoms with Crippen LogP contribution in [0.15, 0.2) is 0 Å². The molecule has 4 aliphatic rings. The zero-order chi connectivity index (χ0) is 9.76. The Balaban J connectivity index is 1.87. The van der Waals surface area contributed by atoms with E-state index in [4.69, 9.17) is 5.73 Å². The average Bonchev–Trinajstić information content (AvgIpc) is 2.14. The Labute approximate surface area is 87.4 Å². The van der Waals surface area contributed by atoms with Gasteiger partial charge in [-0.25, -0.2) is 0 Å². The molecule has 0 saturated heterocycles. The molecule has 4 fully saturated rings. The van der Waals surface area contributed by atoms with Crippen LogP contribution in [0.25, 0.3) is 0 Å². The van der Waals surface area contributed by atoms with Gasteiger partial charge in [-0.15, -0.1) is 0 Å². The van der Waals surface area contributed by atoms with E-state index < -0.39 is 0 Å². The molecule has 1 nitrogen and oxygen atoms in total.